The second-order valence-electron chi connectivity index (χ2n) is 7.52. The van der Waals surface area contributed by atoms with Gasteiger partial charge >= 0.3 is 0 Å². The summed E-state index contributed by atoms with van der Waals surface area (Å²) in [5.74, 6) is -1.82. The van der Waals surface area contributed by atoms with E-state index in [0.29, 0.717) is 16.3 Å². The summed E-state index contributed by atoms with van der Waals surface area (Å²) in [6.07, 6.45) is 0. The molecule has 1 aliphatic rings. The van der Waals surface area contributed by atoms with Crippen LogP contribution >= 0.6 is 23.2 Å². The lowest BCUT2D eigenvalue weighted by Gasteiger charge is -2.15. The third kappa shape index (κ3) is 5.27. The van der Waals surface area contributed by atoms with Crippen LogP contribution in [0.2, 0.25) is 5.02 Å². The van der Waals surface area contributed by atoms with Crippen LogP contribution in [-0.4, -0.2) is 22.6 Å². The molecule has 0 saturated carbocycles. The first-order chi connectivity index (χ1) is 16.3. The smallest absolute Gasteiger partial charge is 0.278 e. The molecule has 0 fully saturated rings. The Bertz CT molecular complexity index is 1270. The average Bonchev–Trinajstić information content (AvgIpc) is 3.03. The molecule has 3 aromatic rings. The lowest BCUT2D eigenvalue weighted by Crippen LogP contribution is -2.33. The number of nitrogens with zero attached hydrogens (tertiary/aromatic N) is 1. The van der Waals surface area contributed by atoms with Crippen LogP contribution in [0.1, 0.15) is 21.5 Å². The molecular weight excluding hydrogens is 480 g/mol. The number of carbonyl (C=O) groups is 3. The molecule has 0 radical (unpaired) electrons. The number of benzene rings is 3. The summed E-state index contributed by atoms with van der Waals surface area (Å²) in [4.78, 5) is 38.7. The van der Waals surface area contributed by atoms with Crippen LogP contribution in [0.4, 0.5) is 10.1 Å². The molecule has 0 aliphatic carbocycles. The van der Waals surface area contributed by atoms with Gasteiger partial charge in [-0.25, -0.2) is 4.39 Å². The summed E-state index contributed by atoms with van der Waals surface area (Å²) in [6, 6.07) is 19.0. The van der Waals surface area contributed by atoms with E-state index >= 15 is 0 Å². The van der Waals surface area contributed by atoms with Crippen LogP contribution in [0, 0.1) is 5.82 Å². The molecule has 0 spiro atoms. The van der Waals surface area contributed by atoms with Crippen molar-refractivity contribution in [3.05, 3.63) is 111 Å². The van der Waals surface area contributed by atoms with E-state index < -0.39 is 11.8 Å². The second-order valence-corrected chi connectivity index (χ2v) is 8.34. The lowest BCUT2D eigenvalue weighted by atomic mass is 10.1. The first-order valence-electron chi connectivity index (χ1n) is 10.2. The molecule has 0 bridgehead atoms. The summed E-state index contributed by atoms with van der Waals surface area (Å²) >= 11 is 12.0. The summed E-state index contributed by atoms with van der Waals surface area (Å²) in [6.45, 7) is 0.299. The highest BCUT2D eigenvalue weighted by atomic mass is 35.5. The molecule has 1 heterocycles. The van der Waals surface area contributed by atoms with Crippen LogP contribution in [0.5, 0.6) is 0 Å². The molecule has 172 valence electrons. The van der Waals surface area contributed by atoms with Crippen molar-refractivity contribution >= 4 is 46.6 Å². The standard InChI is InChI=1S/C25H18Cl2FN3O3/c26-18-7-3-16(4-8-18)14-31-24(33)21(27)22(25(31)34)29-13-15-1-5-17(6-2-15)23(32)30-20-11-9-19(28)10-12-20/h1-12,29H,13-14H2,(H,30,32). The predicted octanol–water partition coefficient (Wildman–Crippen LogP) is 4.84. The van der Waals surface area contributed by atoms with Crippen molar-refractivity contribution in [1.29, 1.82) is 0 Å². The van der Waals surface area contributed by atoms with E-state index in [0.717, 1.165) is 16.0 Å². The molecule has 0 aromatic heterocycles. The van der Waals surface area contributed by atoms with Crippen molar-refractivity contribution in [2.75, 3.05) is 5.32 Å². The average molecular weight is 498 g/mol. The number of hydrogen-bond donors (Lipinski definition) is 2. The van der Waals surface area contributed by atoms with Crippen molar-refractivity contribution in [2.24, 2.45) is 0 Å². The van der Waals surface area contributed by atoms with Crippen LogP contribution < -0.4 is 10.6 Å². The van der Waals surface area contributed by atoms with Crippen LogP contribution in [-0.2, 0) is 22.7 Å². The molecule has 3 aromatic carbocycles. The molecule has 2 N–H and O–H groups in total. The van der Waals surface area contributed by atoms with Gasteiger partial charge in [0.1, 0.15) is 16.5 Å². The minimum atomic E-state index is -0.572. The molecular formula is C25H18Cl2FN3O3. The fourth-order valence-corrected chi connectivity index (χ4v) is 3.69. The number of anilines is 1. The predicted molar refractivity (Wildman–Crippen MR) is 128 cm³/mol. The molecule has 4 rings (SSSR count). The van der Waals surface area contributed by atoms with E-state index in [9.17, 15) is 18.8 Å². The normalized spacial score (nSPS) is 13.4. The van der Waals surface area contributed by atoms with Crippen molar-refractivity contribution < 1.29 is 18.8 Å². The topological polar surface area (TPSA) is 78.5 Å². The Morgan fingerprint density at radius 2 is 1.44 bits per heavy atom. The maximum absolute atomic E-state index is 13.0. The van der Waals surface area contributed by atoms with Gasteiger partial charge in [0, 0.05) is 22.8 Å². The maximum Gasteiger partial charge on any atom is 0.278 e. The molecule has 0 unspecified atom stereocenters. The molecule has 0 atom stereocenters. The molecule has 0 saturated heterocycles. The van der Waals surface area contributed by atoms with Gasteiger partial charge in [0.2, 0.25) is 0 Å². The van der Waals surface area contributed by atoms with Gasteiger partial charge in [0.25, 0.3) is 17.7 Å². The van der Waals surface area contributed by atoms with Crippen LogP contribution in [0.3, 0.4) is 0 Å². The van der Waals surface area contributed by atoms with Crippen molar-refractivity contribution in [3.8, 4) is 0 Å². The van der Waals surface area contributed by atoms with Gasteiger partial charge in [-0.2, -0.15) is 0 Å². The zero-order chi connectivity index (χ0) is 24.2. The number of halogens is 3. The Balaban J connectivity index is 1.36. The van der Waals surface area contributed by atoms with Gasteiger partial charge in [0.15, 0.2) is 0 Å². The fraction of sp³-hybridized carbons (Fsp3) is 0.0800. The van der Waals surface area contributed by atoms with E-state index in [4.69, 9.17) is 23.2 Å². The van der Waals surface area contributed by atoms with E-state index in [-0.39, 0.29) is 35.5 Å². The summed E-state index contributed by atoms with van der Waals surface area (Å²) < 4.78 is 13.0. The number of imide groups is 1. The molecule has 34 heavy (non-hydrogen) atoms. The van der Waals surface area contributed by atoms with E-state index in [1.165, 1.54) is 24.3 Å². The van der Waals surface area contributed by atoms with Gasteiger partial charge in [0.05, 0.1) is 6.54 Å². The molecule has 9 heteroatoms. The highest BCUT2D eigenvalue weighted by Crippen LogP contribution is 2.25. The lowest BCUT2D eigenvalue weighted by molar-refractivity contribution is -0.138. The Morgan fingerprint density at radius 1 is 0.824 bits per heavy atom. The monoisotopic (exact) mass is 497 g/mol. The van der Waals surface area contributed by atoms with Gasteiger partial charge in [-0.15, -0.1) is 0 Å². The quantitative estimate of drug-likeness (QED) is 0.457. The number of carbonyl (C=O) groups excluding carboxylic acids is 3. The minimum Gasteiger partial charge on any atom is -0.375 e. The Morgan fingerprint density at radius 3 is 2.09 bits per heavy atom. The Labute approximate surface area is 205 Å². The zero-order valence-corrected chi connectivity index (χ0v) is 19.2. The van der Waals surface area contributed by atoms with Crippen LogP contribution in [0.25, 0.3) is 0 Å². The maximum atomic E-state index is 13.0. The molecule has 1 aliphatic heterocycles. The third-order valence-electron chi connectivity index (χ3n) is 5.15. The highest BCUT2D eigenvalue weighted by molar-refractivity contribution is 6.47. The zero-order valence-electron chi connectivity index (χ0n) is 17.6. The van der Waals surface area contributed by atoms with Crippen LogP contribution in [0.15, 0.2) is 83.5 Å². The van der Waals surface area contributed by atoms with Gasteiger partial charge in [-0.3, -0.25) is 19.3 Å². The molecule has 3 amide bonds. The molecule has 6 nitrogen and oxygen atoms in total. The SMILES string of the molecule is O=C(Nc1ccc(F)cc1)c1ccc(CNC2=C(Cl)C(=O)N(Cc3ccc(Cl)cc3)C2=O)cc1. The highest BCUT2D eigenvalue weighted by Gasteiger charge is 2.37. The first-order valence-corrected chi connectivity index (χ1v) is 11.0. The van der Waals surface area contributed by atoms with E-state index in [1.54, 1.807) is 48.5 Å². The van der Waals surface area contributed by atoms with E-state index in [1.807, 2.05) is 0 Å². The first kappa shape index (κ1) is 23.5. The Hall–Kier alpha value is -3.68. The van der Waals surface area contributed by atoms with Crippen molar-refractivity contribution in [1.82, 2.24) is 10.2 Å². The number of nitrogens with one attached hydrogen (secondary N) is 2. The van der Waals surface area contributed by atoms with Crippen molar-refractivity contribution in [3.63, 3.8) is 0 Å². The van der Waals surface area contributed by atoms with Crippen molar-refractivity contribution in [2.45, 2.75) is 13.1 Å². The number of amides is 3. The van der Waals surface area contributed by atoms with Gasteiger partial charge in [-0.1, -0.05) is 47.5 Å². The number of hydrogen-bond acceptors (Lipinski definition) is 4. The summed E-state index contributed by atoms with van der Waals surface area (Å²) in [5.41, 5.74) is 2.43. The summed E-state index contributed by atoms with van der Waals surface area (Å²) in [7, 11) is 0. The second kappa shape index (κ2) is 10.1. The largest absolute Gasteiger partial charge is 0.375 e. The van der Waals surface area contributed by atoms with Gasteiger partial charge in [-0.05, 0) is 59.7 Å². The minimum absolute atomic E-state index is 0.0266. The fourth-order valence-electron chi connectivity index (χ4n) is 3.32. The van der Waals surface area contributed by atoms with Gasteiger partial charge < -0.3 is 10.6 Å². The third-order valence-corrected chi connectivity index (χ3v) is 5.76. The Kier molecular flexibility index (Phi) is 6.95. The summed E-state index contributed by atoms with van der Waals surface area (Å²) in [5, 5.41) is 5.99. The van der Waals surface area contributed by atoms with E-state index in [2.05, 4.69) is 10.6 Å². The number of rotatable bonds is 7.